The molecule has 1 rings (SSSR count). The number of rotatable bonds is 7. The summed E-state index contributed by atoms with van der Waals surface area (Å²) in [5.74, 6) is 0.310. The van der Waals surface area contributed by atoms with Crippen LogP contribution in [-0.2, 0) is 20.3 Å². The summed E-state index contributed by atoms with van der Waals surface area (Å²) in [6, 6.07) is 2.95. The fourth-order valence-electron chi connectivity index (χ4n) is 1.25. The van der Waals surface area contributed by atoms with Crippen LogP contribution in [0.4, 0.5) is 0 Å². The van der Waals surface area contributed by atoms with Gasteiger partial charge < -0.3 is 9.15 Å². The lowest BCUT2D eigenvalue weighted by atomic mass is 10.4. The van der Waals surface area contributed by atoms with Gasteiger partial charge in [-0.1, -0.05) is 0 Å². The second-order valence-corrected chi connectivity index (χ2v) is 5.54. The summed E-state index contributed by atoms with van der Waals surface area (Å²) in [5.41, 5.74) is 0. The van der Waals surface area contributed by atoms with Gasteiger partial charge in [-0.25, -0.2) is 8.42 Å². The maximum Gasteiger partial charge on any atom is 0.185 e. The van der Waals surface area contributed by atoms with Crippen molar-refractivity contribution in [3.63, 3.8) is 0 Å². The molecule has 0 aromatic carbocycles. The predicted octanol–water partition coefficient (Wildman–Crippen LogP) is 1.04. The van der Waals surface area contributed by atoms with Gasteiger partial charge in [-0.2, -0.15) is 0 Å². The van der Waals surface area contributed by atoms with Crippen molar-refractivity contribution in [2.75, 3.05) is 19.5 Å². The molecule has 0 radical (unpaired) electrons. The highest BCUT2D eigenvalue weighted by molar-refractivity contribution is 7.90. The lowest BCUT2D eigenvalue weighted by Gasteiger charge is -2.01. The van der Waals surface area contributed by atoms with Crippen LogP contribution in [0.3, 0.4) is 0 Å². The number of aldehydes is 1. The smallest absolute Gasteiger partial charge is 0.185 e. The minimum Gasteiger partial charge on any atom is -0.457 e. The first-order chi connectivity index (χ1) is 7.57. The lowest BCUT2D eigenvalue weighted by Crippen LogP contribution is -2.10. The highest BCUT2D eigenvalue weighted by Gasteiger charge is 2.14. The van der Waals surface area contributed by atoms with Gasteiger partial charge in [0.05, 0.1) is 5.75 Å². The van der Waals surface area contributed by atoms with Crippen molar-refractivity contribution in [2.45, 2.75) is 12.2 Å². The second kappa shape index (κ2) is 5.81. The summed E-state index contributed by atoms with van der Waals surface area (Å²) in [6.45, 7) is 0.414. The minimum atomic E-state index is -3.19. The van der Waals surface area contributed by atoms with Crippen molar-refractivity contribution in [2.24, 2.45) is 0 Å². The van der Waals surface area contributed by atoms with Crippen LogP contribution < -0.4 is 0 Å². The van der Waals surface area contributed by atoms with Gasteiger partial charge in [0.15, 0.2) is 21.9 Å². The highest BCUT2D eigenvalue weighted by atomic mass is 32.2. The van der Waals surface area contributed by atoms with Gasteiger partial charge in [0.2, 0.25) is 0 Å². The Balaban J connectivity index is 2.55. The molecular formula is C10H14O5S. The number of methoxy groups -OCH3 is 1. The van der Waals surface area contributed by atoms with Gasteiger partial charge in [-0.3, -0.25) is 4.79 Å². The van der Waals surface area contributed by atoms with Crippen molar-refractivity contribution in [1.29, 1.82) is 0 Å². The zero-order chi connectivity index (χ0) is 12.0. The molecule has 90 valence electrons. The molecule has 16 heavy (non-hydrogen) atoms. The molecule has 0 aliphatic carbocycles. The molecule has 0 aliphatic heterocycles. The van der Waals surface area contributed by atoms with Gasteiger partial charge in [-0.15, -0.1) is 0 Å². The molecule has 0 saturated heterocycles. The Morgan fingerprint density at radius 2 is 2.19 bits per heavy atom. The molecule has 0 N–H and O–H groups in total. The number of carbonyl (C=O) groups excluding carboxylic acids is 1. The second-order valence-electron chi connectivity index (χ2n) is 3.36. The van der Waals surface area contributed by atoms with Gasteiger partial charge in [0, 0.05) is 13.7 Å². The Labute approximate surface area is 94.3 Å². The average Bonchev–Trinajstić information content (AvgIpc) is 2.65. The van der Waals surface area contributed by atoms with Gasteiger partial charge in [0.25, 0.3) is 0 Å². The fourth-order valence-corrected chi connectivity index (χ4v) is 2.54. The Hall–Kier alpha value is -1.14. The molecule has 5 nitrogen and oxygen atoms in total. The van der Waals surface area contributed by atoms with Gasteiger partial charge >= 0.3 is 0 Å². The first kappa shape index (κ1) is 12.9. The monoisotopic (exact) mass is 246 g/mol. The number of hydrogen-bond donors (Lipinski definition) is 0. The number of hydrogen-bond acceptors (Lipinski definition) is 5. The van der Waals surface area contributed by atoms with E-state index in [1.807, 2.05) is 0 Å². The van der Waals surface area contributed by atoms with Crippen LogP contribution in [-0.4, -0.2) is 34.2 Å². The van der Waals surface area contributed by atoms with E-state index in [0.717, 1.165) is 0 Å². The normalized spacial score (nSPS) is 11.6. The van der Waals surface area contributed by atoms with E-state index in [4.69, 9.17) is 9.15 Å². The molecule has 1 aromatic heterocycles. The summed E-state index contributed by atoms with van der Waals surface area (Å²) < 4.78 is 32.9. The molecular weight excluding hydrogens is 232 g/mol. The topological polar surface area (TPSA) is 73.6 Å². The SMILES string of the molecule is COCCCS(=O)(=O)Cc1ccc(C=O)o1. The Kier molecular flexibility index (Phi) is 4.70. The first-order valence-electron chi connectivity index (χ1n) is 4.80. The first-order valence-corrected chi connectivity index (χ1v) is 6.63. The van der Waals surface area contributed by atoms with E-state index in [2.05, 4.69) is 0 Å². The van der Waals surface area contributed by atoms with Crippen LogP contribution in [0.15, 0.2) is 16.5 Å². The molecule has 0 fully saturated rings. The lowest BCUT2D eigenvalue weighted by molar-refractivity contribution is 0.109. The third-order valence-electron chi connectivity index (χ3n) is 1.96. The number of carbonyl (C=O) groups is 1. The Morgan fingerprint density at radius 3 is 2.75 bits per heavy atom. The molecule has 6 heteroatoms. The largest absolute Gasteiger partial charge is 0.457 e. The maximum atomic E-state index is 11.6. The zero-order valence-electron chi connectivity index (χ0n) is 9.01. The minimum absolute atomic E-state index is 0.0535. The number of ether oxygens (including phenoxy) is 1. The molecule has 0 amide bonds. The third-order valence-corrected chi connectivity index (χ3v) is 3.60. The molecule has 0 bridgehead atoms. The van der Waals surface area contributed by atoms with Crippen molar-refractivity contribution < 1.29 is 22.4 Å². The van der Waals surface area contributed by atoms with E-state index >= 15 is 0 Å². The van der Waals surface area contributed by atoms with Crippen molar-refractivity contribution in [3.05, 3.63) is 23.7 Å². The molecule has 0 unspecified atom stereocenters. The van der Waals surface area contributed by atoms with Crippen molar-refractivity contribution in [3.8, 4) is 0 Å². The molecule has 0 aliphatic rings. The van der Waals surface area contributed by atoms with E-state index in [1.165, 1.54) is 19.2 Å². The van der Waals surface area contributed by atoms with Gasteiger partial charge in [0.1, 0.15) is 11.5 Å². The molecule has 1 heterocycles. The summed E-state index contributed by atoms with van der Waals surface area (Å²) in [6.07, 6.45) is 1.00. The molecule has 1 aromatic rings. The summed E-state index contributed by atoms with van der Waals surface area (Å²) in [5, 5.41) is 0. The molecule has 0 saturated carbocycles. The van der Waals surface area contributed by atoms with E-state index in [-0.39, 0.29) is 17.3 Å². The third kappa shape index (κ3) is 4.16. The predicted molar refractivity (Wildman–Crippen MR) is 58.1 cm³/mol. The zero-order valence-corrected chi connectivity index (χ0v) is 9.83. The van der Waals surface area contributed by atoms with Crippen molar-refractivity contribution in [1.82, 2.24) is 0 Å². The standard InChI is InChI=1S/C10H14O5S/c1-14-5-2-6-16(12,13)8-10-4-3-9(7-11)15-10/h3-4,7H,2,5-6,8H2,1H3. The van der Waals surface area contributed by atoms with Crippen LogP contribution in [0.1, 0.15) is 22.7 Å². The van der Waals surface area contributed by atoms with Crippen LogP contribution in [0, 0.1) is 0 Å². The van der Waals surface area contributed by atoms with Crippen LogP contribution >= 0.6 is 0 Å². The van der Waals surface area contributed by atoms with Gasteiger partial charge in [-0.05, 0) is 18.6 Å². The summed E-state index contributed by atoms with van der Waals surface area (Å²) >= 11 is 0. The average molecular weight is 246 g/mol. The van der Waals surface area contributed by atoms with Crippen LogP contribution in [0.2, 0.25) is 0 Å². The quantitative estimate of drug-likeness (QED) is 0.531. The highest BCUT2D eigenvalue weighted by Crippen LogP contribution is 2.11. The number of sulfone groups is 1. The van der Waals surface area contributed by atoms with E-state index < -0.39 is 9.84 Å². The maximum absolute atomic E-state index is 11.6. The molecule has 0 atom stereocenters. The van der Waals surface area contributed by atoms with Crippen LogP contribution in [0.5, 0.6) is 0 Å². The van der Waals surface area contributed by atoms with E-state index in [9.17, 15) is 13.2 Å². The number of furan rings is 1. The summed E-state index contributed by atoms with van der Waals surface area (Å²) in [4.78, 5) is 10.3. The fraction of sp³-hybridized carbons (Fsp3) is 0.500. The summed E-state index contributed by atoms with van der Waals surface area (Å²) in [7, 11) is -1.67. The molecule has 0 spiro atoms. The van der Waals surface area contributed by atoms with E-state index in [0.29, 0.717) is 25.1 Å². The van der Waals surface area contributed by atoms with Crippen LogP contribution in [0.25, 0.3) is 0 Å². The Morgan fingerprint density at radius 1 is 1.44 bits per heavy atom. The Bertz CT molecular complexity index is 432. The van der Waals surface area contributed by atoms with E-state index in [1.54, 1.807) is 0 Å². The van der Waals surface area contributed by atoms with Crippen molar-refractivity contribution >= 4 is 16.1 Å².